The molecule has 0 saturated heterocycles. The van der Waals surface area contributed by atoms with E-state index in [1.165, 1.54) is 24.3 Å². The fourth-order valence-corrected chi connectivity index (χ4v) is 1.68. The normalized spacial score (nSPS) is 9.32. The maximum Gasteiger partial charge on any atom is 0.220 e. The summed E-state index contributed by atoms with van der Waals surface area (Å²) < 4.78 is 12.9. The Morgan fingerprint density at radius 3 is 1.86 bits per heavy atom. The summed E-state index contributed by atoms with van der Waals surface area (Å²) >= 11 is 0. The van der Waals surface area contributed by atoms with Crippen LogP contribution in [0.25, 0.3) is 20.9 Å². The second-order valence-electron chi connectivity index (χ2n) is 4.13. The molecule has 0 saturated carbocycles. The highest BCUT2D eigenvalue weighted by Gasteiger charge is 2.11. The number of hydrogen-bond acceptors (Lipinski definition) is 3. The topological polar surface area (TPSA) is 135 Å². The van der Waals surface area contributed by atoms with Crippen LogP contribution >= 0.6 is 0 Å². The third-order valence-corrected chi connectivity index (χ3v) is 2.70. The second kappa shape index (κ2) is 8.96. The number of carbonyl (C=O) groups excluding carboxylic acids is 2. The Labute approximate surface area is 124 Å². The Morgan fingerprint density at radius 1 is 1.00 bits per heavy atom. The molecule has 0 aliphatic heterocycles. The van der Waals surface area contributed by atoms with Gasteiger partial charge in [-0.3, -0.25) is 9.59 Å². The van der Waals surface area contributed by atoms with Crippen molar-refractivity contribution in [2.24, 2.45) is 10.2 Å². The molecule has 22 heavy (non-hydrogen) atoms. The quantitative estimate of drug-likeness (QED) is 0.435. The standard InChI is InChI=1S/C12H12FN7O2/c13-9-1-3-10(4-2-9)20(7-5-11(21)16-18-14)8-6-12(22)17-19-15/h1-4H,5-8H2. The molecule has 1 aromatic carbocycles. The smallest absolute Gasteiger partial charge is 0.220 e. The van der Waals surface area contributed by atoms with Crippen molar-refractivity contribution in [3.05, 3.63) is 51.0 Å². The Morgan fingerprint density at radius 2 is 1.45 bits per heavy atom. The molecule has 0 bridgehead atoms. The van der Waals surface area contributed by atoms with Crippen LogP contribution in [-0.2, 0) is 9.59 Å². The van der Waals surface area contributed by atoms with Gasteiger partial charge in [-0.2, -0.15) is 0 Å². The lowest BCUT2D eigenvalue weighted by molar-refractivity contribution is -0.118. The van der Waals surface area contributed by atoms with Crippen LogP contribution in [0.2, 0.25) is 0 Å². The van der Waals surface area contributed by atoms with E-state index < -0.39 is 17.6 Å². The number of carbonyl (C=O) groups is 2. The van der Waals surface area contributed by atoms with Gasteiger partial charge in [-0.15, -0.1) is 0 Å². The largest absolute Gasteiger partial charge is 0.371 e. The van der Waals surface area contributed by atoms with Crippen LogP contribution in [0.4, 0.5) is 10.1 Å². The molecule has 10 heteroatoms. The molecule has 0 fully saturated rings. The Balaban J connectivity index is 2.77. The number of nitrogens with zero attached hydrogens (tertiary/aromatic N) is 7. The van der Waals surface area contributed by atoms with E-state index in [4.69, 9.17) is 11.1 Å². The Kier molecular flexibility index (Phi) is 6.91. The zero-order chi connectivity index (χ0) is 16.4. The molecule has 0 unspecified atom stereocenters. The minimum atomic E-state index is -0.643. The molecule has 0 aliphatic rings. The van der Waals surface area contributed by atoms with Gasteiger partial charge in [0.2, 0.25) is 11.8 Å². The molecule has 2 amide bonds. The first-order valence-electron chi connectivity index (χ1n) is 6.23. The van der Waals surface area contributed by atoms with Crippen molar-refractivity contribution in [3.63, 3.8) is 0 Å². The van der Waals surface area contributed by atoms with Crippen molar-refractivity contribution in [3.8, 4) is 0 Å². The van der Waals surface area contributed by atoms with Crippen molar-refractivity contribution in [2.45, 2.75) is 12.8 Å². The minimum absolute atomic E-state index is 0.0584. The van der Waals surface area contributed by atoms with Gasteiger partial charge in [0, 0.05) is 41.4 Å². The van der Waals surface area contributed by atoms with Gasteiger partial charge >= 0.3 is 0 Å². The molecule has 0 N–H and O–H groups in total. The summed E-state index contributed by atoms with van der Waals surface area (Å²) in [5, 5.41) is 5.90. The van der Waals surface area contributed by atoms with E-state index in [-0.39, 0.29) is 25.9 Å². The average Bonchev–Trinajstić information content (AvgIpc) is 2.49. The number of halogens is 1. The zero-order valence-electron chi connectivity index (χ0n) is 11.5. The van der Waals surface area contributed by atoms with E-state index in [1.54, 1.807) is 4.90 Å². The van der Waals surface area contributed by atoms with Gasteiger partial charge in [0.15, 0.2) is 0 Å². The third kappa shape index (κ3) is 5.91. The van der Waals surface area contributed by atoms with Gasteiger partial charge in [0.05, 0.1) is 0 Å². The van der Waals surface area contributed by atoms with Gasteiger partial charge in [0.1, 0.15) is 5.82 Å². The van der Waals surface area contributed by atoms with Crippen LogP contribution in [-0.4, -0.2) is 24.9 Å². The number of anilines is 1. The van der Waals surface area contributed by atoms with Crippen LogP contribution < -0.4 is 4.90 Å². The van der Waals surface area contributed by atoms with Gasteiger partial charge in [0.25, 0.3) is 0 Å². The van der Waals surface area contributed by atoms with Crippen molar-refractivity contribution in [1.29, 1.82) is 0 Å². The predicted octanol–water partition coefficient (Wildman–Crippen LogP) is 3.09. The SMILES string of the molecule is [N-]=[N+]=NC(=O)CCN(CCC(=O)N=[N+]=[N-])c1ccc(F)cc1. The first-order chi connectivity index (χ1) is 10.6. The van der Waals surface area contributed by atoms with E-state index in [1.807, 2.05) is 0 Å². The molecule has 0 atom stereocenters. The van der Waals surface area contributed by atoms with E-state index in [0.29, 0.717) is 5.69 Å². The maximum absolute atomic E-state index is 12.9. The van der Waals surface area contributed by atoms with Crippen LogP contribution in [0.1, 0.15) is 12.8 Å². The van der Waals surface area contributed by atoms with Crippen molar-refractivity contribution in [2.75, 3.05) is 18.0 Å². The number of amides is 2. The van der Waals surface area contributed by atoms with Crippen molar-refractivity contribution >= 4 is 17.5 Å². The lowest BCUT2D eigenvalue weighted by Crippen LogP contribution is -2.28. The fraction of sp³-hybridized carbons (Fsp3) is 0.333. The number of benzene rings is 1. The summed E-state index contributed by atoms with van der Waals surface area (Å²) in [6, 6.07) is 5.47. The van der Waals surface area contributed by atoms with Crippen LogP contribution in [0, 0.1) is 5.82 Å². The lowest BCUT2D eigenvalue weighted by Gasteiger charge is -2.23. The number of azide groups is 2. The molecule has 0 spiro atoms. The van der Waals surface area contributed by atoms with Crippen molar-refractivity contribution in [1.82, 2.24) is 0 Å². The van der Waals surface area contributed by atoms with Gasteiger partial charge in [-0.1, -0.05) is 0 Å². The molecule has 114 valence electrons. The number of hydrogen-bond donors (Lipinski definition) is 0. The summed E-state index contributed by atoms with van der Waals surface area (Å²) in [5.41, 5.74) is 16.9. The van der Waals surface area contributed by atoms with Crippen LogP contribution in [0.15, 0.2) is 34.5 Å². The average molecular weight is 305 g/mol. The molecule has 0 aliphatic carbocycles. The molecule has 0 radical (unpaired) electrons. The fourth-order valence-electron chi connectivity index (χ4n) is 1.68. The Bertz CT molecular complexity index is 599. The summed E-state index contributed by atoms with van der Waals surface area (Å²) in [6.45, 7) is 0.347. The lowest BCUT2D eigenvalue weighted by atomic mass is 10.2. The van der Waals surface area contributed by atoms with E-state index in [2.05, 4.69) is 20.1 Å². The Hall–Kier alpha value is -3.09. The highest BCUT2D eigenvalue weighted by Crippen LogP contribution is 2.16. The summed E-state index contributed by atoms with van der Waals surface area (Å²) in [4.78, 5) is 28.9. The minimum Gasteiger partial charge on any atom is -0.371 e. The first-order valence-corrected chi connectivity index (χ1v) is 6.23. The summed E-state index contributed by atoms with van der Waals surface area (Å²) in [6.07, 6.45) is -0.117. The highest BCUT2D eigenvalue weighted by atomic mass is 19.1. The predicted molar refractivity (Wildman–Crippen MR) is 76.2 cm³/mol. The van der Waals surface area contributed by atoms with Crippen molar-refractivity contribution < 1.29 is 14.0 Å². The van der Waals surface area contributed by atoms with E-state index in [0.717, 1.165) is 0 Å². The summed E-state index contributed by atoms with van der Waals surface area (Å²) in [7, 11) is 0. The van der Waals surface area contributed by atoms with Gasteiger partial charge in [-0.25, -0.2) is 4.39 Å². The second-order valence-corrected chi connectivity index (χ2v) is 4.13. The van der Waals surface area contributed by atoms with Crippen LogP contribution in [0.5, 0.6) is 0 Å². The highest BCUT2D eigenvalue weighted by molar-refractivity contribution is 5.78. The van der Waals surface area contributed by atoms with Crippen LogP contribution in [0.3, 0.4) is 0 Å². The molecule has 9 nitrogen and oxygen atoms in total. The molecule has 1 rings (SSSR count). The first kappa shape index (κ1) is 17.0. The molecule has 1 aromatic rings. The number of rotatable bonds is 7. The van der Waals surface area contributed by atoms with Gasteiger partial charge in [-0.05, 0) is 45.6 Å². The maximum atomic E-state index is 12.9. The molecule has 0 aromatic heterocycles. The molecule has 0 heterocycles. The zero-order valence-corrected chi connectivity index (χ0v) is 11.5. The van der Waals surface area contributed by atoms with E-state index in [9.17, 15) is 14.0 Å². The monoisotopic (exact) mass is 305 g/mol. The van der Waals surface area contributed by atoms with Gasteiger partial charge < -0.3 is 4.90 Å². The molecular weight excluding hydrogens is 293 g/mol. The third-order valence-electron chi connectivity index (χ3n) is 2.70. The summed E-state index contributed by atoms with van der Waals surface area (Å²) in [5.74, 6) is -1.70. The molecular formula is C12H12FN7O2. The van der Waals surface area contributed by atoms with E-state index >= 15 is 0 Å².